The van der Waals surface area contributed by atoms with Gasteiger partial charge in [-0.15, -0.1) is 0 Å². The largest absolute Gasteiger partial charge is 0.261 e. The first-order chi connectivity index (χ1) is 47.5. The van der Waals surface area contributed by atoms with Crippen LogP contribution in [-0.2, 0) is 5.41 Å². The van der Waals surface area contributed by atoms with Gasteiger partial charge in [-0.2, -0.15) is 0 Å². The molecule has 0 unspecified atom stereocenters. The van der Waals surface area contributed by atoms with Crippen molar-refractivity contribution < 1.29 is 0 Å². The van der Waals surface area contributed by atoms with Crippen molar-refractivity contribution in [3.63, 3.8) is 0 Å². The third-order valence-electron chi connectivity index (χ3n) is 19.2. The van der Waals surface area contributed by atoms with Crippen LogP contribution in [0.1, 0.15) is 142 Å². The number of fused-ring (bicyclic) bond motifs is 7. The first kappa shape index (κ1) is 77.4. The normalized spacial score (nSPS) is 11.0. The molecule has 15 rings (SSSR count). The Morgan fingerprint density at radius 1 is 0.210 bits per heavy atom. The zero-order chi connectivity index (χ0) is 73.0. The van der Waals surface area contributed by atoms with Crippen LogP contribution in [0.25, 0.3) is 54.2 Å². The van der Waals surface area contributed by atoms with Crippen molar-refractivity contribution in [1.82, 2.24) is 4.98 Å². The van der Waals surface area contributed by atoms with Crippen LogP contribution in [0, 0.1) is 145 Å². The number of rotatable bonds is 0. The fraction of sp³-hybridized carbons (Fsp3) is 0.242. The van der Waals surface area contributed by atoms with Gasteiger partial charge < -0.3 is 0 Å². The Balaban J connectivity index is 0.000000160. The molecular weight excluding hydrogens is 1200 g/mol. The molecule has 1 heteroatoms. The van der Waals surface area contributed by atoms with E-state index in [2.05, 4.69) is 393 Å². The molecule has 1 heterocycles. The van der Waals surface area contributed by atoms with E-state index in [1.165, 1.54) is 177 Å². The van der Waals surface area contributed by atoms with Gasteiger partial charge in [0.25, 0.3) is 0 Å². The molecule has 100 heavy (non-hydrogen) atoms. The molecule has 0 aliphatic heterocycles. The SMILES string of the molecule is Cc1c2ccccc2c(C)c2ccccc12.Cc1cc(C)c(C)cc1C.Cc1ccc(C)c(C)c1.Cc1ccc(C)c2ccccc12.Cc1ccc(C)cc1.Cc1ccc(C)nc1.Cc1ccc2c(c1)C(C)(C)c1cc(C)ccc1-2.Cc1ccc2cc(C)ccc2c1.Cc1cccc(C)c1. The molecule has 0 amide bonds. The lowest BCUT2D eigenvalue weighted by molar-refractivity contribution is 0.659. The minimum absolute atomic E-state index is 0.142. The van der Waals surface area contributed by atoms with Crippen LogP contribution in [0.2, 0.25) is 0 Å². The summed E-state index contributed by atoms with van der Waals surface area (Å²) < 4.78 is 0. The molecule has 0 fully saturated rings. The van der Waals surface area contributed by atoms with Crippen molar-refractivity contribution in [1.29, 1.82) is 0 Å². The number of pyridine rings is 1. The lowest BCUT2D eigenvalue weighted by atomic mass is 9.81. The highest BCUT2D eigenvalue weighted by molar-refractivity contribution is 6.05. The van der Waals surface area contributed by atoms with Crippen molar-refractivity contribution in [2.75, 3.05) is 0 Å². The average molecular weight is 1310 g/mol. The van der Waals surface area contributed by atoms with Gasteiger partial charge >= 0.3 is 0 Å². The van der Waals surface area contributed by atoms with E-state index in [0.717, 1.165) is 5.69 Å². The predicted molar refractivity (Wildman–Crippen MR) is 443 cm³/mol. The minimum atomic E-state index is 0.142. The van der Waals surface area contributed by atoms with Gasteiger partial charge in [-0.3, -0.25) is 4.98 Å². The Labute approximate surface area is 603 Å². The summed E-state index contributed by atoms with van der Waals surface area (Å²) in [6.45, 7) is 49.4. The molecule has 512 valence electrons. The first-order valence-corrected chi connectivity index (χ1v) is 35.6. The van der Waals surface area contributed by atoms with Crippen LogP contribution in [-0.4, -0.2) is 4.98 Å². The lowest BCUT2D eigenvalue weighted by Crippen LogP contribution is -2.15. The first-order valence-electron chi connectivity index (χ1n) is 35.6. The highest BCUT2D eigenvalue weighted by Crippen LogP contribution is 2.49. The minimum Gasteiger partial charge on any atom is -0.261 e. The molecule has 14 aromatic rings. The van der Waals surface area contributed by atoms with Crippen LogP contribution in [0.15, 0.2) is 255 Å². The quantitative estimate of drug-likeness (QED) is 0.138. The van der Waals surface area contributed by atoms with E-state index >= 15 is 0 Å². The molecule has 0 atom stereocenters. The zero-order valence-corrected chi connectivity index (χ0v) is 64.7. The molecule has 0 bridgehead atoms. The maximum absolute atomic E-state index is 4.08. The summed E-state index contributed by atoms with van der Waals surface area (Å²) in [4.78, 5) is 4.08. The van der Waals surface area contributed by atoms with E-state index in [1.54, 1.807) is 0 Å². The third kappa shape index (κ3) is 21.8. The summed E-state index contributed by atoms with van der Waals surface area (Å²) in [5.41, 5.74) is 34.0. The standard InChI is InChI=1S/C17H18.C16H14.2C12H12.C10H14.C9H12.2C8H10.C7H9N/c1-11-5-7-13-14-8-6-12(2)10-16(14)17(3,4)15(13)9-11;1-11-13-7-3-5-9-15(13)12(2)16-10-6-4-8-14(11)16;1-9-3-5-12-8-10(2)4-6-11(12)7-9;1-9-7-8-10(2)12-6-4-3-5-11(9)12;1-7-5-9(3)10(4)6-8(7)2;1-7-4-5-8(2)9(3)6-7;1-7-3-5-8(2)6-4-7;1-7-4-3-5-8(2)6-7;1-6-3-4-7(2)8-5-6/h5-10H,1-4H3;3-10H,1-2H3;2*3-8H,1-2H3;5-6H,1-4H3;4-6H,1-3H3;2*3-6H,1-2H3;3-5H,1-2H3. The van der Waals surface area contributed by atoms with Gasteiger partial charge in [0.05, 0.1) is 0 Å². The second-order valence-corrected chi connectivity index (χ2v) is 28.6. The van der Waals surface area contributed by atoms with E-state index < -0.39 is 0 Å². The second kappa shape index (κ2) is 36.2. The summed E-state index contributed by atoms with van der Waals surface area (Å²) in [6.07, 6.45) is 1.87. The molecule has 0 saturated heterocycles. The molecular formula is C99H111N. The summed E-state index contributed by atoms with van der Waals surface area (Å²) in [5.74, 6) is 0. The molecule has 0 spiro atoms. The molecule has 0 N–H and O–H groups in total. The Morgan fingerprint density at radius 2 is 0.510 bits per heavy atom. The van der Waals surface area contributed by atoms with E-state index in [9.17, 15) is 0 Å². The van der Waals surface area contributed by atoms with Gasteiger partial charge in [-0.25, -0.2) is 0 Å². The van der Waals surface area contributed by atoms with Crippen molar-refractivity contribution in [3.8, 4) is 11.1 Å². The van der Waals surface area contributed by atoms with Crippen LogP contribution >= 0.6 is 0 Å². The van der Waals surface area contributed by atoms with Gasteiger partial charge in [0.2, 0.25) is 0 Å². The van der Waals surface area contributed by atoms with E-state index in [4.69, 9.17) is 0 Å². The maximum atomic E-state index is 4.08. The molecule has 1 aliphatic carbocycles. The van der Waals surface area contributed by atoms with Gasteiger partial charge in [-0.1, -0.05) is 307 Å². The number of benzene rings is 13. The molecule has 1 aliphatic rings. The summed E-state index contributed by atoms with van der Waals surface area (Å²) in [7, 11) is 0. The van der Waals surface area contributed by atoms with Crippen molar-refractivity contribution in [2.45, 2.75) is 165 Å². The van der Waals surface area contributed by atoms with Crippen molar-refractivity contribution >= 4 is 43.1 Å². The molecule has 0 radical (unpaired) electrons. The van der Waals surface area contributed by atoms with Gasteiger partial charge in [0.15, 0.2) is 0 Å². The molecule has 1 nitrogen and oxygen atoms in total. The maximum Gasteiger partial charge on any atom is 0.0372 e. The van der Waals surface area contributed by atoms with E-state index in [-0.39, 0.29) is 5.41 Å². The number of hydrogen-bond donors (Lipinski definition) is 0. The smallest absolute Gasteiger partial charge is 0.0372 e. The zero-order valence-electron chi connectivity index (χ0n) is 64.7. The summed E-state index contributed by atoms with van der Waals surface area (Å²) in [5, 5.41) is 10.9. The Hall–Kier alpha value is -9.95. The highest BCUT2D eigenvalue weighted by Gasteiger charge is 2.35. The van der Waals surface area contributed by atoms with Crippen LogP contribution in [0.4, 0.5) is 0 Å². The third-order valence-corrected chi connectivity index (χ3v) is 19.2. The second-order valence-electron chi connectivity index (χ2n) is 28.6. The summed E-state index contributed by atoms with van der Waals surface area (Å²) >= 11 is 0. The Kier molecular flexibility index (Phi) is 28.0. The Bertz CT molecular complexity index is 4610. The molecule has 13 aromatic carbocycles. The van der Waals surface area contributed by atoms with E-state index in [0.29, 0.717) is 0 Å². The monoisotopic (exact) mass is 1310 g/mol. The molecule has 0 saturated carbocycles. The number of aryl methyl sites for hydroxylation is 21. The predicted octanol–water partition coefficient (Wildman–Crippen LogP) is 28.0. The number of aromatic nitrogens is 1. The topological polar surface area (TPSA) is 12.9 Å². The van der Waals surface area contributed by atoms with E-state index in [1.807, 2.05) is 26.1 Å². The van der Waals surface area contributed by atoms with Crippen molar-refractivity contribution in [3.05, 3.63) is 383 Å². The number of nitrogens with zero attached hydrogens (tertiary/aromatic N) is 1. The number of hydrogen-bond acceptors (Lipinski definition) is 1. The van der Waals surface area contributed by atoms with Crippen molar-refractivity contribution in [2.24, 2.45) is 0 Å². The van der Waals surface area contributed by atoms with Gasteiger partial charge in [0.1, 0.15) is 0 Å². The molecule has 1 aromatic heterocycles. The van der Waals surface area contributed by atoms with Crippen LogP contribution in [0.5, 0.6) is 0 Å². The lowest BCUT2D eigenvalue weighted by Gasteiger charge is -2.22. The van der Waals surface area contributed by atoms with Gasteiger partial charge in [0, 0.05) is 17.3 Å². The van der Waals surface area contributed by atoms with Gasteiger partial charge in [-0.05, 0) is 278 Å². The fourth-order valence-electron chi connectivity index (χ4n) is 12.6. The van der Waals surface area contributed by atoms with Crippen LogP contribution in [0.3, 0.4) is 0 Å². The Morgan fingerprint density at radius 3 is 0.840 bits per heavy atom. The highest BCUT2D eigenvalue weighted by atomic mass is 14.6. The summed E-state index contributed by atoms with van der Waals surface area (Å²) in [6, 6.07) is 88.9. The fourth-order valence-corrected chi connectivity index (χ4v) is 12.6. The average Bonchev–Trinajstić information content (AvgIpc) is 1.57. The van der Waals surface area contributed by atoms with Crippen LogP contribution < -0.4 is 0 Å².